The van der Waals surface area contributed by atoms with E-state index in [0.717, 1.165) is 19.3 Å². The highest BCUT2D eigenvalue weighted by Gasteiger charge is 2.48. The van der Waals surface area contributed by atoms with Crippen LogP contribution >= 0.6 is 0 Å². The van der Waals surface area contributed by atoms with Crippen molar-refractivity contribution in [1.29, 1.82) is 0 Å². The maximum atomic E-state index is 6.23. The molecule has 3 heteroatoms. The predicted octanol–water partition coefficient (Wildman–Crippen LogP) is 3.20. The molecule has 1 aliphatic heterocycles. The molecule has 20 heavy (non-hydrogen) atoms. The van der Waals surface area contributed by atoms with E-state index in [1.807, 2.05) is 12.3 Å². The van der Waals surface area contributed by atoms with Crippen molar-refractivity contribution >= 4 is 0 Å². The molecule has 0 radical (unpaired) electrons. The average molecular weight is 276 g/mol. The van der Waals surface area contributed by atoms with Gasteiger partial charge in [0.1, 0.15) is 0 Å². The summed E-state index contributed by atoms with van der Waals surface area (Å²) in [6.07, 6.45) is 5.09. The van der Waals surface area contributed by atoms with Crippen molar-refractivity contribution in [2.24, 2.45) is 5.92 Å². The van der Waals surface area contributed by atoms with E-state index < -0.39 is 0 Å². The molecule has 2 unspecified atom stereocenters. The number of ether oxygens (including phenoxy) is 1. The highest BCUT2D eigenvalue weighted by molar-refractivity contribution is 5.05. The Bertz CT molecular complexity index is 428. The number of hydrogen-bond donors (Lipinski definition) is 1. The summed E-state index contributed by atoms with van der Waals surface area (Å²) in [7, 11) is 2.06. The van der Waals surface area contributed by atoms with Crippen molar-refractivity contribution in [2.75, 3.05) is 7.05 Å². The summed E-state index contributed by atoms with van der Waals surface area (Å²) in [5.74, 6) is 0.534. The first-order valence-electron chi connectivity index (χ1n) is 7.61. The fourth-order valence-electron chi connectivity index (χ4n) is 3.63. The van der Waals surface area contributed by atoms with Gasteiger partial charge in [0, 0.05) is 23.9 Å². The third-order valence-electron chi connectivity index (χ3n) is 4.44. The summed E-state index contributed by atoms with van der Waals surface area (Å²) in [5.41, 5.74) is 1.08. The van der Waals surface area contributed by atoms with Gasteiger partial charge < -0.3 is 10.1 Å². The van der Waals surface area contributed by atoms with Crippen molar-refractivity contribution in [3.05, 3.63) is 30.1 Å². The molecule has 1 aromatic heterocycles. The number of aromatic nitrogens is 1. The summed E-state index contributed by atoms with van der Waals surface area (Å²) in [5, 5.41) is 3.50. The van der Waals surface area contributed by atoms with Crippen molar-refractivity contribution in [2.45, 2.75) is 64.2 Å². The predicted molar refractivity (Wildman–Crippen MR) is 82.8 cm³/mol. The molecular formula is C17H28N2O. The molecule has 112 valence electrons. The standard InChI is InChI=1S/C17H28N2O/c1-16(2)12-14(17(3,4)20-16)15(18-5)10-9-13-8-6-7-11-19-13/h6-8,11,14-15,18H,9-10,12H2,1-5H3. The summed E-state index contributed by atoms with van der Waals surface area (Å²) < 4.78 is 6.23. The van der Waals surface area contributed by atoms with E-state index in [4.69, 9.17) is 4.74 Å². The summed E-state index contributed by atoms with van der Waals surface area (Å²) >= 11 is 0. The Hall–Kier alpha value is -0.930. The van der Waals surface area contributed by atoms with Gasteiger partial charge in [-0.25, -0.2) is 0 Å². The first kappa shape index (κ1) is 15.5. The van der Waals surface area contributed by atoms with Crippen LogP contribution in [0, 0.1) is 5.92 Å². The molecule has 0 spiro atoms. The Balaban J connectivity index is 2.01. The van der Waals surface area contributed by atoms with Gasteiger partial charge in [0.05, 0.1) is 11.2 Å². The Kier molecular flexibility index (Phi) is 4.50. The second-order valence-corrected chi connectivity index (χ2v) is 7.03. The van der Waals surface area contributed by atoms with E-state index in [2.05, 4.69) is 57.2 Å². The minimum atomic E-state index is -0.0682. The fourth-order valence-corrected chi connectivity index (χ4v) is 3.63. The van der Waals surface area contributed by atoms with E-state index >= 15 is 0 Å². The summed E-state index contributed by atoms with van der Waals surface area (Å²) in [4.78, 5) is 4.42. The maximum Gasteiger partial charge on any atom is 0.0677 e. The van der Waals surface area contributed by atoms with Crippen LogP contribution in [0.4, 0.5) is 0 Å². The van der Waals surface area contributed by atoms with Gasteiger partial charge in [0.15, 0.2) is 0 Å². The fraction of sp³-hybridized carbons (Fsp3) is 0.706. The number of aryl methyl sites for hydroxylation is 1. The monoisotopic (exact) mass is 276 g/mol. The molecule has 2 rings (SSSR count). The minimum Gasteiger partial charge on any atom is -0.369 e. The van der Waals surface area contributed by atoms with E-state index in [9.17, 15) is 0 Å². The van der Waals surface area contributed by atoms with E-state index in [0.29, 0.717) is 12.0 Å². The minimum absolute atomic E-state index is 0.0196. The van der Waals surface area contributed by atoms with Gasteiger partial charge in [-0.1, -0.05) is 6.07 Å². The van der Waals surface area contributed by atoms with Crippen molar-refractivity contribution in [1.82, 2.24) is 10.3 Å². The number of hydrogen-bond acceptors (Lipinski definition) is 3. The van der Waals surface area contributed by atoms with Crippen molar-refractivity contribution in [3.8, 4) is 0 Å². The molecule has 0 aliphatic carbocycles. The summed E-state index contributed by atoms with van der Waals surface area (Å²) in [6.45, 7) is 8.83. The van der Waals surface area contributed by atoms with Gasteiger partial charge in [0.2, 0.25) is 0 Å². The molecule has 1 aromatic rings. The van der Waals surface area contributed by atoms with Crippen molar-refractivity contribution < 1.29 is 4.74 Å². The lowest BCUT2D eigenvalue weighted by molar-refractivity contribution is -0.0777. The van der Waals surface area contributed by atoms with Gasteiger partial charge in [-0.05, 0) is 66.1 Å². The molecule has 0 saturated carbocycles. The van der Waals surface area contributed by atoms with Crippen LogP contribution < -0.4 is 5.32 Å². The number of nitrogens with one attached hydrogen (secondary N) is 1. The van der Waals surface area contributed by atoms with Crippen molar-refractivity contribution in [3.63, 3.8) is 0 Å². The van der Waals surface area contributed by atoms with E-state index in [1.165, 1.54) is 5.69 Å². The zero-order chi connectivity index (χ0) is 14.8. The molecule has 1 fully saturated rings. The lowest BCUT2D eigenvalue weighted by atomic mass is 9.80. The second kappa shape index (κ2) is 5.82. The number of pyridine rings is 1. The Morgan fingerprint density at radius 3 is 2.60 bits per heavy atom. The van der Waals surface area contributed by atoms with Gasteiger partial charge in [-0.3, -0.25) is 4.98 Å². The van der Waals surface area contributed by atoms with Crippen LogP contribution in [0.3, 0.4) is 0 Å². The van der Waals surface area contributed by atoms with Crippen LogP contribution in [-0.4, -0.2) is 29.3 Å². The van der Waals surface area contributed by atoms with Gasteiger partial charge in [-0.15, -0.1) is 0 Å². The zero-order valence-electron chi connectivity index (χ0n) is 13.4. The average Bonchev–Trinajstić information content (AvgIpc) is 2.60. The second-order valence-electron chi connectivity index (χ2n) is 7.03. The maximum absolute atomic E-state index is 6.23. The Morgan fingerprint density at radius 1 is 1.35 bits per heavy atom. The van der Waals surface area contributed by atoms with Crippen LogP contribution in [-0.2, 0) is 11.2 Å². The lowest BCUT2D eigenvalue weighted by Crippen LogP contribution is -2.43. The van der Waals surface area contributed by atoms with Crippen LogP contribution in [0.5, 0.6) is 0 Å². The van der Waals surface area contributed by atoms with Gasteiger partial charge in [0.25, 0.3) is 0 Å². The van der Waals surface area contributed by atoms with Gasteiger partial charge >= 0.3 is 0 Å². The van der Waals surface area contributed by atoms with Crippen LogP contribution in [0.15, 0.2) is 24.4 Å². The lowest BCUT2D eigenvalue weighted by Gasteiger charge is -2.33. The smallest absolute Gasteiger partial charge is 0.0677 e. The number of rotatable bonds is 5. The Labute approximate surface area is 123 Å². The quantitative estimate of drug-likeness (QED) is 0.897. The van der Waals surface area contributed by atoms with Gasteiger partial charge in [-0.2, -0.15) is 0 Å². The molecular weight excluding hydrogens is 248 g/mol. The molecule has 0 aromatic carbocycles. The SMILES string of the molecule is CNC(CCc1ccccn1)C1CC(C)(C)OC1(C)C. The van der Waals surface area contributed by atoms with E-state index in [-0.39, 0.29) is 11.2 Å². The van der Waals surface area contributed by atoms with Crippen LogP contribution in [0.1, 0.15) is 46.2 Å². The third-order valence-corrected chi connectivity index (χ3v) is 4.44. The highest BCUT2D eigenvalue weighted by Crippen LogP contribution is 2.44. The van der Waals surface area contributed by atoms with Crippen LogP contribution in [0.2, 0.25) is 0 Å². The topological polar surface area (TPSA) is 34.2 Å². The summed E-state index contributed by atoms with van der Waals surface area (Å²) in [6, 6.07) is 6.60. The molecule has 0 amide bonds. The number of nitrogens with zero attached hydrogens (tertiary/aromatic N) is 1. The zero-order valence-corrected chi connectivity index (χ0v) is 13.4. The molecule has 1 aliphatic rings. The molecule has 0 bridgehead atoms. The molecule has 1 N–H and O–H groups in total. The molecule has 3 nitrogen and oxygen atoms in total. The normalized spacial score (nSPS) is 25.6. The molecule has 1 saturated heterocycles. The van der Waals surface area contributed by atoms with Crippen LogP contribution in [0.25, 0.3) is 0 Å². The largest absolute Gasteiger partial charge is 0.369 e. The van der Waals surface area contributed by atoms with E-state index in [1.54, 1.807) is 0 Å². The highest BCUT2D eigenvalue weighted by atomic mass is 16.5. The first-order valence-corrected chi connectivity index (χ1v) is 7.61. The Morgan fingerprint density at radius 2 is 2.10 bits per heavy atom. The first-order chi connectivity index (χ1) is 9.34. The molecule has 2 heterocycles. The molecule has 2 atom stereocenters. The third kappa shape index (κ3) is 3.58.